The maximum atomic E-state index is 6.20. The summed E-state index contributed by atoms with van der Waals surface area (Å²) in [5, 5.41) is 4.35. The summed E-state index contributed by atoms with van der Waals surface area (Å²) in [6, 6.07) is 5.55. The fourth-order valence-electron chi connectivity index (χ4n) is 1.93. The van der Waals surface area contributed by atoms with E-state index in [0.717, 1.165) is 29.1 Å². The number of nitrogens with zero attached hydrogens (tertiary/aromatic N) is 2. The van der Waals surface area contributed by atoms with Crippen LogP contribution in [0.5, 0.6) is 5.75 Å². The van der Waals surface area contributed by atoms with E-state index in [2.05, 4.69) is 15.3 Å². The van der Waals surface area contributed by atoms with Crippen LogP contribution >= 0.6 is 23.2 Å². The van der Waals surface area contributed by atoms with Gasteiger partial charge < -0.3 is 10.1 Å². The van der Waals surface area contributed by atoms with Gasteiger partial charge in [-0.15, -0.1) is 0 Å². The molecule has 1 heterocycles. The van der Waals surface area contributed by atoms with Crippen LogP contribution in [0.15, 0.2) is 24.5 Å². The first-order chi connectivity index (χ1) is 9.67. The van der Waals surface area contributed by atoms with Crippen molar-refractivity contribution in [2.45, 2.75) is 19.9 Å². The molecule has 0 amide bonds. The third-order valence-corrected chi connectivity index (χ3v) is 3.65. The lowest BCUT2D eigenvalue weighted by atomic mass is 10.2. The van der Waals surface area contributed by atoms with Crippen LogP contribution in [0.2, 0.25) is 10.2 Å². The largest absolute Gasteiger partial charge is 0.496 e. The number of benzene rings is 1. The van der Waals surface area contributed by atoms with Gasteiger partial charge in [0.2, 0.25) is 0 Å². The molecular formula is C14H15Cl2N3O. The zero-order valence-corrected chi connectivity index (χ0v) is 12.8. The van der Waals surface area contributed by atoms with Crippen LogP contribution in [0.4, 0.5) is 5.82 Å². The summed E-state index contributed by atoms with van der Waals surface area (Å²) in [7, 11) is 1.62. The molecular weight excluding hydrogens is 297 g/mol. The third-order valence-electron chi connectivity index (χ3n) is 2.97. The van der Waals surface area contributed by atoms with Crippen LogP contribution in [0.25, 0.3) is 0 Å². The fourth-order valence-corrected chi connectivity index (χ4v) is 2.43. The van der Waals surface area contributed by atoms with Gasteiger partial charge in [-0.05, 0) is 18.6 Å². The van der Waals surface area contributed by atoms with Crippen LogP contribution in [-0.2, 0) is 13.0 Å². The van der Waals surface area contributed by atoms with E-state index < -0.39 is 0 Å². The minimum absolute atomic E-state index is 0.469. The van der Waals surface area contributed by atoms with Crippen LogP contribution in [0, 0.1) is 0 Å². The van der Waals surface area contributed by atoms with Gasteiger partial charge in [0.25, 0.3) is 0 Å². The number of ether oxygens (including phenoxy) is 1. The number of aromatic nitrogens is 2. The predicted octanol–water partition coefficient (Wildman–Crippen LogP) is 3.97. The first-order valence-corrected chi connectivity index (χ1v) is 6.97. The summed E-state index contributed by atoms with van der Waals surface area (Å²) in [5.41, 5.74) is 1.77. The number of halogens is 2. The smallest absolute Gasteiger partial charge is 0.137 e. The molecule has 0 aliphatic heterocycles. The van der Waals surface area contributed by atoms with Gasteiger partial charge in [-0.25, -0.2) is 9.97 Å². The molecule has 0 radical (unpaired) electrons. The van der Waals surface area contributed by atoms with Gasteiger partial charge in [-0.2, -0.15) is 0 Å². The first kappa shape index (κ1) is 14.9. The minimum Gasteiger partial charge on any atom is -0.496 e. The maximum Gasteiger partial charge on any atom is 0.137 e. The van der Waals surface area contributed by atoms with E-state index in [4.69, 9.17) is 27.9 Å². The van der Waals surface area contributed by atoms with Crippen molar-refractivity contribution in [2.75, 3.05) is 12.4 Å². The Balaban J connectivity index is 2.23. The Labute approximate surface area is 128 Å². The first-order valence-electron chi connectivity index (χ1n) is 6.22. The topological polar surface area (TPSA) is 47.0 Å². The Hall–Kier alpha value is -1.52. The van der Waals surface area contributed by atoms with E-state index in [9.17, 15) is 0 Å². The van der Waals surface area contributed by atoms with E-state index in [1.165, 1.54) is 6.33 Å². The molecule has 0 atom stereocenters. The fraction of sp³-hybridized carbons (Fsp3) is 0.286. The van der Waals surface area contributed by atoms with Crippen molar-refractivity contribution in [3.05, 3.63) is 45.8 Å². The second-order valence-electron chi connectivity index (χ2n) is 4.12. The Morgan fingerprint density at radius 3 is 2.70 bits per heavy atom. The number of methoxy groups -OCH3 is 1. The molecule has 20 heavy (non-hydrogen) atoms. The highest BCUT2D eigenvalue weighted by atomic mass is 35.5. The SMILES string of the molecule is CCc1c(Cl)ncnc1NCc1c(Cl)cccc1OC. The Morgan fingerprint density at radius 1 is 1.20 bits per heavy atom. The molecule has 0 bridgehead atoms. The Bertz CT molecular complexity index is 605. The van der Waals surface area contributed by atoms with Crippen LogP contribution < -0.4 is 10.1 Å². The summed E-state index contributed by atoms with van der Waals surface area (Å²) in [4.78, 5) is 8.20. The lowest BCUT2D eigenvalue weighted by Gasteiger charge is -2.13. The van der Waals surface area contributed by atoms with E-state index >= 15 is 0 Å². The molecule has 1 N–H and O–H groups in total. The van der Waals surface area contributed by atoms with E-state index in [1.807, 2.05) is 25.1 Å². The zero-order valence-electron chi connectivity index (χ0n) is 11.3. The van der Waals surface area contributed by atoms with Gasteiger partial charge in [0.15, 0.2) is 0 Å². The lowest BCUT2D eigenvalue weighted by molar-refractivity contribution is 0.410. The van der Waals surface area contributed by atoms with Gasteiger partial charge >= 0.3 is 0 Å². The molecule has 4 nitrogen and oxygen atoms in total. The average Bonchev–Trinajstić information content (AvgIpc) is 2.45. The molecule has 2 rings (SSSR count). The molecule has 0 aliphatic rings. The van der Waals surface area contributed by atoms with Crippen molar-refractivity contribution in [3.63, 3.8) is 0 Å². The molecule has 6 heteroatoms. The number of hydrogen-bond acceptors (Lipinski definition) is 4. The van der Waals surface area contributed by atoms with Crippen molar-refractivity contribution >= 4 is 29.0 Å². The summed E-state index contributed by atoms with van der Waals surface area (Å²) in [6.45, 7) is 2.51. The molecule has 0 saturated heterocycles. The van der Waals surface area contributed by atoms with Crippen LogP contribution in [0.3, 0.4) is 0 Å². The highest BCUT2D eigenvalue weighted by molar-refractivity contribution is 6.31. The summed E-state index contributed by atoms with van der Waals surface area (Å²) in [5.74, 6) is 1.46. The Morgan fingerprint density at radius 2 is 2.00 bits per heavy atom. The van der Waals surface area contributed by atoms with Gasteiger partial charge in [-0.1, -0.05) is 36.2 Å². The number of anilines is 1. The molecule has 106 valence electrons. The molecule has 2 aromatic rings. The van der Waals surface area contributed by atoms with Gasteiger partial charge in [0.1, 0.15) is 23.0 Å². The van der Waals surface area contributed by atoms with Gasteiger partial charge in [-0.3, -0.25) is 0 Å². The van der Waals surface area contributed by atoms with Crippen molar-refractivity contribution < 1.29 is 4.74 Å². The summed E-state index contributed by atoms with van der Waals surface area (Å²) < 4.78 is 5.31. The maximum absolute atomic E-state index is 6.20. The third kappa shape index (κ3) is 3.14. The van der Waals surface area contributed by atoms with E-state index in [-0.39, 0.29) is 0 Å². The highest BCUT2D eigenvalue weighted by Crippen LogP contribution is 2.28. The molecule has 0 unspecified atom stereocenters. The molecule has 0 spiro atoms. The number of hydrogen-bond donors (Lipinski definition) is 1. The standard InChI is InChI=1S/C14H15Cl2N3O/c1-3-9-13(16)18-8-19-14(9)17-7-10-11(15)5-4-6-12(10)20-2/h4-6,8H,3,7H2,1-2H3,(H,17,18,19). The second-order valence-corrected chi connectivity index (χ2v) is 4.88. The monoisotopic (exact) mass is 311 g/mol. The number of rotatable bonds is 5. The lowest BCUT2D eigenvalue weighted by Crippen LogP contribution is -2.07. The minimum atomic E-state index is 0.469. The molecule has 1 aromatic carbocycles. The van der Waals surface area contributed by atoms with E-state index in [1.54, 1.807) is 7.11 Å². The van der Waals surface area contributed by atoms with E-state index in [0.29, 0.717) is 16.7 Å². The number of nitrogens with one attached hydrogen (secondary N) is 1. The summed E-state index contributed by atoms with van der Waals surface area (Å²) >= 11 is 12.3. The van der Waals surface area contributed by atoms with Crippen LogP contribution in [0.1, 0.15) is 18.1 Å². The Kier molecular flexibility index (Phi) is 5.04. The summed E-state index contributed by atoms with van der Waals surface area (Å²) in [6.07, 6.45) is 2.19. The van der Waals surface area contributed by atoms with Crippen molar-refractivity contribution in [1.82, 2.24) is 9.97 Å². The highest BCUT2D eigenvalue weighted by Gasteiger charge is 2.11. The molecule has 0 saturated carbocycles. The van der Waals surface area contributed by atoms with Gasteiger partial charge in [0, 0.05) is 22.7 Å². The van der Waals surface area contributed by atoms with Crippen molar-refractivity contribution in [2.24, 2.45) is 0 Å². The van der Waals surface area contributed by atoms with Crippen molar-refractivity contribution in [3.8, 4) is 5.75 Å². The zero-order chi connectivity index (χ0) is 14.5. The predicted molar refractivity (Wildman–Crippen MR) is 81.8 cm³/mol. The van der Waals surface area contributed by atoms with Gasteiger partial charge in [0.05, 0.1) is 7.11 Å². The molecule has 1 aromatic heterocycles. The van der Waals surface area contributed by atoms with Crippen LogP contribution in [-0.4, -0.2) is 17.1 Å². The quantitative estimate of drug-likeness (QED) is 0.849. The second kappa shape index (κ2) is 6.77. The molecule has 0 fully saturated rings. The van der Waals surface area contributed by atoms with Crippen molar-refractivity contribution in [1.29, 1.82) is 0 Å². The average molecular weight is 312 g/mol. The normalized spacial score (nSPS) is 10.4. The molecule has 0 aliphatic carbocycles.